The molecule has 1 aliphatic heterocycles. The van der Waals surface area contributed by atoms with E-state index in [4.69, 9.17) is 9.47 Å². The maximum absolute atomic E-state index is 12.4. The third-order valence-electron chi connectivity index (χ3n) is 3.52. The van der Waals surface area contributed by atoms with Gasteiger partial charge in [-0.2, -0.15) is 12.6 Å². The highest BCUT2D eigenvalue weighted by molar-refractivity contribution is 7.81. The fourth-order valence-corrected chi connectivity index (χ4v) is 2.73. The zero-order chi connectivity index (χ0) is 20.2. The Morgan fingerprint density at radius 3 is 2.59 bits per heavy atom. The Bertz CT molecular complexity index is 596. The van der Waals surface area contributed by atoms with Crippen molar-refractivity contribution in [1.29, 1.82) is 0 Å². The van der Waals surface area contributed by atoms with Gasteiger partial charge < -0.3 is 14.8 Å². The van der Waals surface area contributed by atoms with Crippen molar-refractivity contribution >= 4 is 36.6 Å². The molecule has 0 spiro atoms. The van der Waals surface area contributed by atoms with Crippen LogP contribution in [0.25, 0.3) is 0 Å². The number of rotatable bonds is 8. The van der Waals surface area contributed by atoms with Crippen LogP contribution in [0.4, 0.5) is 9.59 Å². The lowest BCUT2D eigenvalue weighted by atomic mass is 10.2. The molecule has 27 heavy (non-hydrogen) atoms. The molecule has 0 saturated carbocycles. The van der Waals surface area contributed by atoms with Gasteiger partial charge in [-0.3, -0.25) is 20.0 Å². The van der Waals surface area contributed by atoms with Gasteiger partial charge in [-0.15, -0.1) is 0 Å². The summed E-state index contributed by atoms with van der Waals surface area (Å²) in [5.41, 5.74) is 0. The average molecular weight is 398 g/mol. The number of alkyl carbamates (subject to hydrolysis) is 1. The molecule has 1 heterocycles. The monoisotopic (exact) mass is 398 g/mol. The number of amides is 3. The molecule has 0 radical (unpaired) electrons. The summed E-state index contributed by atoms with van der Waals surface area (Å²) in [4.78, 5) is 41.2. The van der Waals surface area contributed by atoms with E-state index in [1.165, 1.54) is 17.1 Å². The van der Waals surface area contributed by atoms with E-state index in [2.05, 4.69) is 41.4 Å². The van der Waals surface area contributed by atoms with Crippen molar-refractivity contribution in [3.05, 3.63) is 25.3 Å². The standard InChI is InChI=1S/C17H26N4O5S/c1-4-8-25-16(23)20-12(3)18-6-7-19-15(22)14-10-13(27)11-21(14)17(24)26-9-5-2/h4-5,13-14,27H,1-2,6-11H2,3H3,(H,19,22)(H,18,20,23)/t13-,14-/m0/s1. The van der Waals surface area contributed by atoms with Gasteiger partial charge in [-0.25, -0.2) is 9.59 Å². The fourth-order valence-electron chi connectivity index (χ4n) is 2.36. The third kappa shape index (κ3) is 8.16. The van der Waals surface area contributed by atoms with Crippen molar-refractivity contribution in [3.63, 3.8) is 0 Å². The second-order valence-corrected chi connectivity index (χ2v) is 6.42. The molecular formula is C17H26N4O5S. The molecule has 0 bridgehead atoms. The predicted octanol–water partition coefficient (Wildman–Crippen LogP) is 1.13. The van der Waals surface area contributed by atoms with Crippen molar-refractivity contribution in [2.24, 2.45) is 4.99 Å². The number of hydrogen-bond acceptors (Lipinski definition) is 7. The first-order valence-electron chi connectivity index (χ1n) is 8.44. The van der Waals surface area contributed by atoms with E-state index in [0.717, 1.165) is 0 Å². The number of thiol groups is 1. The molecule has 1 saturated heterocycles. The molecular weight excluding hydrogens is 372 g/mol. The van der Waals surface area contributed by atoms with Gasteiger partial charge >= 0.3 is 12.2 Å². The number of ether oxygens (including phenoxy) is 2. The predicted molar refractivity (Wildman–Crippen MR) is 105 cm³/mol. The number of carbonyl (C=O) groups is 3. The van der Waals surface area contributed by atoms with Gasteiger partial charge in [0.1, 0.15) is 25.1 Å². The van der Waals surface area contributed by atoms with Crippen molar-refractivity contribution in [3.8, 4) is 0 Å². The van der Waals surface area contributed by atoms with E-state index in [-0.39, 0.29) is 37.5 Å². The first-order chi connectivity index (χ1) is 12.9. The van der Waals surface area contributed by atoms with Crippen LogP contribution in [0.3, 0.4) is 0 Å². The Morgan fingerprint density at radius 2 is 1.93 bits per heavy atom. The zero-order valence-electron chi connectivity index (χ0n) is 15.3. The van der Waals surface area contributed by atoms with Crippen LogP contribution >= 0.6 is 12.6 Å². The lowest BCUT2D eigenvalue weighted by Crippen LogP contribution is -2.46. The highest BCUT2D eigenvalue weighted by atomic mass is 32.1. The van der Waals surface area contributed by atoms with Crippen molar-refractivity contribution in [1.82, 2.24) is 15.5 Å². The Balaban J connectivity index is 2.42. The molecule has 150 valence electrons. The van der Waals surface area contributed by atoms with Gasteiger partial charge in [0.25, 0.3) is 0 Å². The lowest BCUT2D eigenvalue weighted by molar-refractivity contribution is -0.125. The van der Waals surface area contributed by atoms with Crippen LogP contribution in [0, 0.1) is 0 Å². The van der Waals surface area contributed by atoms with Crippen LogP contribution in [0.15, 0.2) is 30.3 Å². The summed E-state index contributed by atoms with van der Waals surface area (Å²) < 4.78 is 9.77. The van der Waals surface area contributed by atoms with Crippen LogP contribution in [-0.4, -0.2) is 73.0 Å². The number of nitrogens with zero attached hydrogens (tertiary/aromatic N) is 2. The average Bonchev–Trinajstić information content (AvgIpc) is 3.03. The largest absolute Gasteiger partial charge is 0.445 e. The Kier molecular flexibility index (Phi) is 10.0. The molecule has 0 aliphatic carbocycles. The van der Waals surface area contributed by atoms with Gasteiger partial charge in [0.05, 0.1) is 6.54 Å². The molecule has 2 atom stereocenters. The minimum atomic E-state index is -0.637. The molecule has 0 aromatic heterocycles. The SMILES string of the molecule is C=CCOC(=O)NC(C)=NCCNC(=O)[C@@H]1C[C@H](S)CN1C(=O)OCC=C. The summed E-state index contributed by atoms with van der Waals surface area (Å²) in [7, 11) is 0. The summed E-state index contributed by atoms with van der Waals surface area (Å²) >= 11 is 4.35. The van der Waals surface area contributed by atoms with Crippen LogP contribution in [-0.2, 0) is 14.3 Å². The first-order valence-corrected chi connectivity index (χ1v) is 8.96. The molecule has 1 fully saturated rings. The summed E-state index contributed by atoms with van der Waals surface area (Å²) in [6, 6.07) is -0.637. The minimum Gasteiger partial charge on any atom is -0.445 e. The van der Waals surface area contributed by atoms with Crippen LogP contribution in [0.2, 0.25) is 0 Å². The Labute approximate surface area is 164 Å². The Morgan fingerprint density at radius 1 is 1.26 bits per heavy atom. The minimum absolute atomic E-state index is 0.0805. The summed E-state index contributed by atoms with van der Waals surface area (Å²) in [6.07, 6.45) is 2.17. The van der Waals surface area contributed by atoms with Crippen molar-refractivity contribution in [2.75, 3.05) is 32.8 Å². The highest BCUT2D eigenvalue weighted by Crippen LogP contribution is 2.22. The molecule has 9 nitrogen and oxygen atoms in total. The lowest BCUT2D eigenvalue weighted by Gasteiger charge is -2.22. The van der Waals surface area contributed by atoms with E-state index >= 15 is 0 Å². The van der Waals surface area contributed by atoms with Crippen molar-refractivity contribution in [2.45, 2.75) is 24.6 Å². The van der Waals surface area contributed by atoms with E-state index in [0.29, 0.717) is 18.8 Å². The molecule has 0 aromatic carbocycles. The number of hydrogen-bond donors (Lipinski definition) is 3. The maximum Gasteiger partial charge on any atom is 0.412 e. The van der Waals surface area contributed by atoms with Gasteiger partial charge in [-0.1, -0.05) is 25.3 Å². The van der Waals surface area contributed by atoms with Crippen molar-refractivity contribution < 1.29 is 23.9 Å². The van der Waals surface area contributed by atoms with E-state index in [1.807, 2.05) is 0 Å². The molecule has 0 aromatic rings. The molecule has 3 amide bonds. The van der Waals surface area contributed by atoms with Crippen LogP contribution < -0.4 is 10.6 Å². The topological polar surface area (TPSA) is 109 Å². The van der Waals surface area contributed by atoms with Crippen LogP contribution in [0.1, 0.15) is 13.3 Å². The Hall–Kier alpha value is -2.49. The summed E-state index contributed by atoms with van der Waals surface area (Å²) in [5, 5.41) is 5.07. The number of carbonyl (C=O) groups excluding carboxylic acids is 3. The zero-order valence-corrected chi connectivity index (χ0v) is 16.2. The quantitative estimate of drug-likeness (QED) is 0.187. The van der Waals surface area contributed by atoms with Gasteiger partial charge in [-0.05, 0) is 13.3 Å². The summed E-state index contributed by atoms with van der Waals surface area (Å²) in [6.45, 7) is 9.57. The number of nitrogens with one attached hydrogen (secondary N) is 2. The normalized spacial score (nSPS) is 19.2. The van der Waals surface area contributed by atoms with Gasteiger partial charge in [0.15, 0.2) is 0 Å². The fraction of sp³-hybridized carbons (Fsp3) is 0.529. The summed E-state index contributed by atoms with van der Waals surface area (Å²) in [5.74, 6) is 0.0672. The molecule has 2 N–H and O–H groups in total. The van der Waals surface area contributed by atoms with Gasteiger partial charge in [0, 0.05) is 18.3 Å². The number of amidine groups is 1. The molecule has 1 rings (SSSR count). The molecule has 10 heteroatoms. The maximum atomic E-state index is 12.4. The van der Waals surface area contributed by atoms with E-state index in [9.17, 15) is 14.4 Å². The number of aliphatic imine (C=N–C) groups is 1. The second kappa shape index (κ2) is 12.0. The van der Waals surface area contributed by atoms with Crippen LogP contribution in [0.5, 0.6) is 0 Å². The van der Waals surface area contributed by atoms with E-state index in [1.54, 1.807) is 6.92 Å². The first kappa shape index (κ1) is 22.6. The highest BCUT2D eigenvalue weighted by Gasteiger charge is 2.38. The second-order valence-electron chi connectivity index (χ2n) is 5.69. The third-order valence-corrected chi connectivity index (χ3v) is 3.89. The van der Waals surface area contributed by atoms with E-state index < -0.39 is 18.2 Å². The number of likely N-dealkylation sites (tertiary alicyclic amines) is 1. The molecule has 1 aliphatic rings. The van der Waals surface area contributed by atoms with Gasteiger partial charge in [0.2, 0.25) is 5.91 Å². The molecule has 0 unspecified atom stereocenters. The smallest absolute Gasteiger partial charge is 0.412 e.